The largest absolute Gasteiger partial charge is 0.284 e. The van der Waals surface area contributed by atoms with E-state index in [0.717, 1.165) is 6.42 Å². The van der Waals surface area contributed by atoms with Gasteiger partial charge in [0.25, 0.3) is 0 Å². The van der Waals surface area contributed by atoms with Crippen LogP contribution in [0.5, 0.6) is 0 Å². The van der Waals surface area contributed by atoms with Crippen LogP contribution >= 0.6 is 11.6 Å². The molecule has 1 aromatic heterocycles. The van der Waals surface area contributed by atoms with Gasteiger partial charge in [-0.3, -0.25) is 5.10 Å². The second-order valence-electron chi connectivity index (χ2n) is 4.36. The highest BCUT2D eigenvalue weighted by Gasteiger charge is 2.22. The summed E-state index contributed by atoms with van der Waals surface area (Å²) < 4.78 is 26.0. The minimum Gasteiger partial charge on any atom is -0.284 e. The number of nitrogens with zero attached hydrogens (tertiary/aromatic N) is 1. The third-order valence-corrected chi connectivity index (χ3v) is 3.85. The van der Waals surface area contributed by atoms with Crippen LogP contribution in [0.15, 0.2) is 17.3 Å². The lowest BCUT2D eigenvalue weighted by Gasteiger charge is -2.23. The van der Waals surface area contributed by atoms with Crippen molar-refractivity contribution in [2.45, 2.75) is 25.2 Å². The molecule has 0 bridgehead atoms. The van der Waals surface area contributed by atoms with Gasteiger partial charge in [0.2, 0.25) is 10.0 Å². The van der Waals surface area contributed by atoms with Crippen molar-refractivity contribution in [1.82, 2.24) is 14.9 Å². The van der Waals surface area contributed by atoms with Crippen LogP contribution in [0.4, 0.5) is 0 Å². The number of aromatic amines is 1. The van der Waals surface area contributed by atoms with Gasteiger partial charge in [-0.25, -0.2) is 13.1 Å². The van der Waals surface area contributed by atoms with Crippen molar-refractivity contribution in [2.24, 2.45) is 5.41 Å². The average Bonchev–Trinajstić information content (AvgIpc) is 2.68. The van der Waals surface area contributed by atoms with Crippen molar-refractivity contribution in [2.75, 3.05) is 12.4 Å². The molecule has 1 aromatic rings. The topological polar surface area (TPSA) is 74.8 Å². The summed E-state index contributed by atoms with van der Waals surface area (Å²) in [6.45, 7) is 4.29. The maximum absolute atomic E-state index is 11.7. The van der Waals surface area contributed by atoms with Crippen LogP contribution in [0.2, 0.25) is 0 Å². The predicted octanol–water partition coefficient (Wildman–Crippen LogP) is 1.34. The lowest BCUT2D eigenvalue weighted by atomic mass is 9.91. The van der Waals surface area contributed by atoms with Gasteiger partial charge in [-0.2, -0.15) is 5.10 Å². The molecule has 0 aliphatic carbocycles. The smallest absolute Gasteiger partial charge is 0.243 e. The Morgan fingerprint density at radius 2 is 2.25 bits per heavy atom. The van der Waals surface area contributed by atoms with Crippen LogP contribution in [0, 0.1) is 5.41 Å². The minimum atomic E-state index is -3.46. The second kappa shape index (κ2) is 5.16. The molecule has 0 saturated carbocycles. The summed E-state index contributed by atoms with van der Waals surface area (Å²) in [6.07, 6.45) is 3.37. The molecule has 0 aliphatic rings. The molecule has 0 aromatic carbocycles. The van der Waals surface area contributed by atoms with E-state index in [9.17, 15) is 8.42 Å². The van der Waals surface area contributed by atoms with Crippen molar-refractivity contribution in [3.63, 3.8) is 0 Å². The lowest BCUT2D eigenvalue weighted by molar-refractivity contribution is 0.352. The van der Waals surface area contributed by atoms with E-state index in [1.165, 1.54) is 12.4 Å². The Hall–Kier alpha value is -0.590. The van der Waals surface area contributed by atoms with E-state index in [2.05, 4.69) is 14.9 Å². The van der Waals surface area contributed by atoms with Crippen molar-refractivity contribution in [3.8, 4) is 0 Å². The first kappa shape index (κ1) is 13.5. The molecule has 0 spiro atoms. The number of hydrogen-bond donors (Lipinski definition) is 2. The van der Waals surface area contributed by atoms with Crippen LogP contribution < -0.4 is 4.72 Å². The number of H-pyrrole nitrogens is 1. The Kier molecular flexibility index (Phi) is 4.35. The van der Waals surface area contributed by atoms with Gasteiger partial charge in [0.1, 0.15) is 4.90 Å². The highest BCUT2D eigenvalue weighted by Crippen LogP contribution is 2.20. The number of nitrogens with one attached hydrogen (secondary N) is 2. The van der Waals surface area contributed by atoms with Gasteiger partial charge in [-0.15, -0.1) is 11.6 Å². The molecular formula is C9H16ClN3O2S. The first-order valence-electron chi connectivity index (χ1n) is 4.92. The van der Waals surface area contributed by atoms with Crippen LogP contribution in [0.3, 0.4) is 0 Å². The minimum absolute atomic E-state index is 0.147. The summed E-state index contributed by atoms with van der Waals surface area (Å²) >= 11 is 5.64. The quantitative estimate of drug-likeness (QED) is 0.763. The highest BCUT2D eigenvalue weighted by molar-refractivity contribution is 7.89. The first-order chi connectivity index (χ1) is 7.37. The number of hydrogen-bond acceptors (Lipinski definition) is 3. The van der Waals surface area contributed by atoms with Crippen molar-refractivity contribution >= 4 is 21.6 Å². The van der Waals surface area contributed by atoms with Crippen molar-refractivity contribution in [3.05, 3.63) is 12.4 Å². The van der Waals surface area contributed by atoms with Gasteiger partial charge in [-0.05, 0) is 11.8 Å². The SMILES string of the molecule is CC(C)(CCCl)CNS(=O)(=O)c1cn[nH]c1. The van der Waals surface area contributed by atoms with Crippen LogP contribution in [-0.4, -0.2) is 31.0 Å². The molecule has 5 nitrogen and oxygen atoms in total. The van der Waals surface area contributed by atoms with Crippen molar-refractivity contribution < 1.29 is 8.42 Å². The molecule has 0 radical (unpaired) electrons. The lowest BCUT2D eigenvalue weighted by Crippen LogP contribution is -2.34. The Morgan fingerprint density at radius 1 is 1.56 bits per heavy atom. The second-order valence-corrected chi connectivity index (χ2v) is 6.51. The molecule has 0 fully saturated rings. The fourth-order valence-electron chi connectivity index (χ4n) is 1.10. The number of rotatable bonds is 6. The Bertz CT molecular complexity index is 414. The summed E-state index contributed by atoms with van der Waals surface area (Å²) in [4.78, 5) is 0.147. The standard InChI is InChI=1S/C9H16ClN3O2S/c1-9(2,3-4-10)7-13-16(14,15)8-5-11-12-6-8/h5-6,13H,3-4,7H2,1-2H3,(H,11,12). The van der Waals surface area contributed by atoms with Gasteiger partial charge in [-0.1, -0.05) is 13.8 Å². The summed E-state index contributed by atoms with van der Waals surface area (Å²) in [5.74, 6) is 0.514. The first-order valence-corrected chi connectivity index (χ1v) is 6.94. The zero-order valence-electron chi connectivity index (χ0n) is 9.33. The monoisotopic (exact) mass is 265 g/mol. The van der Waals surface area contributed by atoms with Gasteiger partial charge in [0.15, 0.2) is 0 Å². The molecule has 1 rings (SSSR count). The predicted molar refractivity (Wildman–Crippen MR) is 62.9 cm³/mol. The van der Waals surface area contributed by atoms with Gasteiger partial charge < -0.3 is 0 Å². The molecule has 0 unspecified atom stereocenters. The molecule has 0 aliphatic heterocycles. The van der Waals surface area contributed by atoms with E-state index >= 15 is 0 Å². The normalized spacial score (nSPS) is 12.9. The molecule has 16 heavy (non-hydrogen) atoms. The Balaban J connectivity index is 2.62. The van der Waals surface area contributed by atoms with Gasteiger partial charge >= 0.3 is 0 Å². The summed E-state index contributed by atoms with van der Waals surface area (Å²) in [7, 11) is -3.46. The van der Waals surface area contributed by atoms with Crippen LogP contribution in [0.25, 0.3) is 0 Å². The molecule has 92 valence electrons. The Labute approximate surface area is 101 Å². The summed E-state index contributed by atoms with van der Waals surface area (Å²) in [5, 5.41) is 6.07. The van der Waals surface area contributed by atoms with E-state index in [0.29, 0.717) is 12.4 Å². The molecule has 0 saturated heterocycles. The van der Waals surface area contributed by atoms with E-state index in [1.807, 2.05) is 13.8 Å². The van der Waals surface area contributed by atoms with Gasteiger partial charge in [0.05, 0.1) is 6.20 Å². The van der Waals surface area contributed by atoms with E-state index in [-0.39, 0.29) is 10.3 Å². The van der Waals surface area contributed by atoms with E-state index < -0.39 is 10.0 Å². The zero-order chi connectivity index (χ0) is 12.2. The molecular weight excluding hydrogens is 250 g/mol. The van der Waals surface area contributed by atoms with Crippen molar-refractivity contribution in [1.29, 1.82) is 0 Å². The number of alkyl halides is 1. The fraction of sp³-hybridized carbons (Fsp3) is 0.667. The van der Waals surface area contributed by atoms with Crippen LogP contribution in [-0.2, 0) is 10.0 Å². The number of sulfonamides is 1. The fourth-order valence-corrected chi connectivity index (χ4v) is 2.76. The number of aromatic nitrogens is 2. The molecule has 1 heterocycles. The third-order valence-electron chi connectivity index (χ3n) is 2.30. The van der Waals surface area contributed by atoms with Crippen LogP contribution in [0.1, 0.15) is 20.3 Å². The number of halogens is 1. The maximum atomic E-state index is 11.7. The van der Waals surface area contributed by atoms with E-state index in [1.54, 1.807) is 0 Å². The zero-order valence-corrected chi connectivity index (χ0v) is 10.9. The summed E-state index contributed by atoms with van der Waals surface area (Å²) in [5.41, 5.74) is -0.154. The summed E-state index contributed by atoms with van der Waals surface area (Å²) in [6, 6.07) is 0. The van der Waals surface area contributed by atoms with E-state index in [4.69, 9.17) is 11.6 Å². The maximum Gasteiger partial charge on any atom is 0.243 e. The highest BCUT2D eigenvalue weighted by atomic mass is 35.5. The molecule has 0 amide bonds. The molecule has 7 heteroatoms. The van der Waals surface area contributed by atoms with Gasteiger partial charge in [0, 0.05) is 18.6 Å². The average molecular weight is 266 g/mol. The molecule has 2 N–H and O–H groups in total. The Morgan fingerprint density at radius 3 is 2.75 bits per heavy atom. The third kappa shape index (κ3) is 3.77. The molecule has 0 atom stereocenters.